The molecule has 0 bridgehead atoms. The molecule has 0 aliphatic heterocycles. The normalized spacial score (nSPS) is 22.1. The number of aliphatic hydroxyl groups is 1. The quantitative estimate of drug-likeness (QED) is 0.619. The van der Waals surface area contributed by atoms with Gasteiger partial charge in [0.2, 0.25) is 0 Å². The molecule has 90 valence electrons. The molecule has 1 aliphatic carbocycles. The molecule has 0 spiro atoms. The van der Waals surface area contributed by atoms with Crippen molar-refractivity contribution in [2.75, 3.05) is 0 Å². The van der Waals surface area contributed by atoms with Gasteiger partial charge < -0.3 is 5.11 Å². The van der Waals surface area contributed by atoms with Crippen molar-refractivity contribution >= 4 is 0 Å². The Bertz CT molecular complexity index is 325. The molecule has 0 aromatic heterocycles. The number of hydrogen-bond donors (Lipinski definition) is 1. The van der Waals surface area contributed by atoms with Crippen molar-refractivity contribution in [2.24, 2.45) is 11.3 Å². The Hall–Kier alpha value is -0.740. The van der Waals surface area contributed by atoms with Crippen molar-refractivity contribution in [3.8, 4) is 11.8 Å². The Kier molecular flexibility index (Phi) is 3.86. The lowest BCUT2D eigenvalue weighted by atomic mass is 9.73. The molecule has 1 unspecified atom stereocenters. The smallest absolute Gasteiger partial charge is 0.120 e. The third-order valence-electron chi connectivity index (χ3n) is 3.16. The highest BCUT2D eigenvalue weighted by atomic mass is 16.3. The van der Waals surface area contributed by atoms with Gasteiger partial charge in [-0.15, -0.1) is 0 Å². The Labute approximate surface area is 99.9 Å². The molecule has 1 N–H and O–H groups in total. The van der Waals surface area contributed by atoms with E-state index in [2.05, 4.69) is 38.7 Å². The van der Waals surface area contributed by atoms with Crippen LogP contribution in [0.25, 0.3) is 0 Å². The topological polar surface area (TPSA) is 20.2 Å². The average Bonchev–Trinajstić information content (AvgIpc) is 2.13. The van der Waals surface area contributed by atoms with Gasteiger partial charge in [-0.25, -0.2) is 0 Å². The van der Waals surface area contributed by atoms with Crippen molar-refractivity contribution in [1.82, 2.24) is 0 Å². The number of allylic oxidation sites excluding steroid dienone is 2. The van der Waals surface area contributed by atoms with Crippen LogP contribution in [0.2, 0.25) is 0 Å². The van der Waals surface area contributed by atoms with E-state index in [1.807, 2.05) is 0 Å². The van der Waals surface area contributed by atoms with Crippen LogP contribution in [-0.4, -0.2) is 10.7 Å². The first-order chi connectivity index (χ1) is 7.18. The largest absolute Gasteiger partial charge is 0.378 e. The van der Waals surface area contributed by atoms with E-state index < -0.39 is 5.60 Å². The molecule has 0 radical (unpaired) electrons. The van der Waals surface area contributed by atoms with E-state index in [-0.39, 0.29) is 0 Å². The van der Waals surface area contributed by atoms with Crippen molar-refractivity contribution in [1.29, 1.82) is 0 Å². The summed E-state index contributed by atoms with van der Waals surface area (Å²) in [7, 11) is 0. The van der Waals surface area contributed by atoms with Crippen LogP contribution in [0.15, 0.2) is 11.6 Å². The summed E-state index contributed by atoms with van der Waals surface area (Å²) in [4.78, 5) is 0. The Morgan fingerprint density at radius 3 is 2.25 bits per heavy atom. The minimum atomic E-state index is -0.873. The molecule has 0 heterocycles. The summed E-state index contributed by atoms with van der Waals surface area (Å²) in [6.45, 7) is 10.4. The third-order valence-corrected chi connectivity index (χ3v) is 3.16. The molecule has 16 heavy (non-hydrogen) atoms. The zero-order valence-corrected chi connectivity index (χ0v) is 11.2. The highest BCUT2D eigenvalue weighted by Gasteiger charge is 2.25. The van der Waals surface area contributed by atoms with Gasteiger partial charge >= 0.3 is 0 Å². The summed E-state index contributed by atoms with van der Waals surface area (Å²) in [6.07, 6.45) is 5.65. The standard InChI is InChI=1S/C15H24O/c1-14(2,3)13-8-6-12(7-9-13)10-11-15(4,5)16/h6,13,16H,7-9H2,1-5H3. The molecule has 0 amide bonds. The van der Waals surface area contributed by atoms with E-state index in [1.54, 1.807) is 13.8 Å². The van der Waals surface area contributed by atoms with E-state index in [4.69, 9.17) is 0 Å². The molecular weight excluding hydrogens is 196 g/mol. The van der Waals surface area contributed by atoms with Crippen LogP contribution in [0.3, 0.4) is 0 Å². The molecule has 0 aromatic rings. The van der Waals surface area contributed by atoms with Crippen LogP contribution in [0.5, 0.6) is 0 Å². The predicted molar refractivity (Wildman–Crippen MR) is 69.0 cm³/mol. The number of hydrogen-bond acceptors (Lipinski definition) is 1. The molecule has 0 aromatic carbocycles. The van der Waals surface area contributed by atoms with Gasteiger partial charge in [0.15, 0.2) is 0 Å². The van der Waals surface area contributed by atoms with Gasteiger partial charge in [0, 0.05) is 0 Å². The van der Waals surface area contributed by atoms with E-state index >= 15 is 0 Å². The van der Waals surface area contributed by atoms with Crippen LogP contribution >= 0.6 is 0 Å². The zero-order valence-electron chi connectivity index (χ0n) is 11.2. The fourth-order valence-electron chi connectivity index (χ4n) is 1.97. The molecular formula is C15H24O. The fraction of sp³-hybridized carbons (Fsp3) is 0.733. The van der Waals surface area contributed by atoms with E-state index in [0.29, 0.717) is 5.41 Å². The van der Waals surface area contributed by atoms with E-state index in [1.165, 1.54) is 12.0 Å². The lowest BCUT2D eigenvalue weighted by Gasteiger charge is -2.32. The van der Waals surface area contributed by atoms with Gasteiger partial charge in [-0.1, -0.05) is 38.7 Å². The van der Waals surface area contributed by atoms with Gasteiger partial charge in [0.1, 0.15) is 5.60 Å². The predicted octanol–water partition coefficient (Wildman–Crippen LogP) is 3.53. The third kappa shape index (κ3) is 4.41. The van der Waals surface area contributed by atoms with Crippen LogP contribution in [0.4, 0.5) is 0 Å². The summed E-state index contributed by atoms with van der Waals surface area (Å²) in [5.41, 5.74) is 0.718. The lowest BCUT2D eigenvalue weighted by molar-refractivity contribution is 0.143. The molecule has 0 saturated carbocycles. The van der Waals surface area contributed by atoms with Gasteiger partial charge in [-0.2, -0.15) is 0 Å². The maximum Gasteiger partial charge on any atom is 0.120 e. The number of rotatable bonds is 0. The SMILES string of the molecule is CC(C)(O)C#CC1=CCC(C(C)(C)C)CC1. The molecule has 1 aliphatic rings. The second-order valence-electron chi connectivity index (χ2n) is 6.38. The second kappa shape index (κ2) is 4.63. The molecule has 1 rings (SSSR count). The summed E-state index contributed by atoms with van der Waals surface area (Å²) < 4.78 is 0. The summed E-state index contributed by atoms with van der Waals surface area (Å²) in [5, 5.41) is 9.53. The molecule has 0 saturated heterocycles. The summed E-state index contributed by atoms with van der Waals surface area (Å²) in [5.74, 6) is 6.74. The van der Waals surface area contributed by atoms with Crippen molar-refractivity contribution in [3.63, 3.8) is 0 Å². The highest BCUT2D eigenvalue weighted by molar-refractivity contribution is 5.32. The maximum absolute atomic E-state index is 9.53. The van der Waals surface area contributed by atoms with Gasteiger partial charge in [0.05, 0.1) is 0 Å². The summed E-state index contributed by atoms with van der Waals surface area (Å²) in [6, 6.07) is 0. The molecule has 1 nitrogen and oxygen atoms in total. The van der Waals surface area contributed by atoms with Gasteiger partial charge in [0.25, 0.3) is 0 Å². The van der Waals surface area contributed by atoms with Crippen molar-refractivity contribution in [3.05, 3.63) is 11.6 Å². The van der Waals surface area contributed by atoms with E-state index in [9.17, 15) is 5.11 Å². The lowest BCUT2D eigenvalue weighted by Crippen LogP contribution is -2.22. The van der Waals surface area contributed by atoms with Crippen LogP contribution in [-0.2, 0) is 0 Å². The minimum absolute atomic E-state index is 0.395. The van der Waals surface area contributed by atoms with Gasteiger partial charge in [-0.05, 0) is 50.0 Å². The fourth-order valence-corrected chi connectivity index (χ4v) is 1.97. The molecule has 0 fully saturated rings. The maximum atomic E-state index is 9.53. The van der Waals surface area contributed by atoms with Crippen molar-refractivity contribution < 1.29 is 5.11 Å². The zero-order chi connectivity index (χ0) is 12.4. The van der Waals surface area contributed by atoms with Crippen molar-refractivity contribution in [2.45, 2.75) is 59.5 Å². The average molecular weight is 220 g/mol. The Morgan fingerprint density at radius 2 is 1.88 bits per heavy atom. The molecule has 1 heteroatoms. The first-order valence-electron chi connectivity index (χ1n) is 6.13. The Morgan fingerprint density at radius 1 is 1.25 bits per heavy atom. The first-order valence-corrected chi connectivity index (χ1v) is 6.13. The summed E-state index contributed by atoms with van der Waals surface area (Å²) >= 11 is 0. The first kappa shape index (κ1) is 13.3. The van der Waals surface area contributed by atoms with Crippen LogP contribution in [0, 0.1) is 23.2 Å². The van der Waals surface area contributed by atoms with Crippen LogP contribution in [0.1, 0.15) is 53.9 Å². The van der Waals surface area contributed by atoms with Crippen LogP contribution < -0.4 is 0 Å². The van der Waals surface area contributed by atoms with Gasteiger partial charge in [-0.3, -0.25) is 0 Å². The highest BCUT2D eigenvalue weighted by Crippen LogP contribution is 2.36. The van der Waals surface area contributed by atoms with E-state index in [0.717, 1.165) is 18.8 Å². The minimum Gasteiger partial charge on any atom is -0.378 e. The monoisotopic (exact) mass is 220 g/mol. The second-order valence-corrected chi connectivity index (χ2v) is 6.38. The molecule has 1 atom stereocenters. The Balaban J connectivity index is 2.63.